The van der Waals surface area contributed by atoms with Crippen LogP contribution in [-0.4, -0.2) is 71.2 Å². The summed E-state index contributed by atoms with van der Waals surface area (Å²) in [6.45, 7) is 4.09. The summed E-state index contributed by atoms with van der Waals surface area (Å²) < 4.78 is 0. The molecule has 4 amide bonds. The Morgan fingerprint density at radius 2 is 1.85 bits per heavy atom. The van der Waals surface area contributed by atoms with E-state index in [4.69, 9.17) is 0 Å². The molecule has 0 bridgehead atoms. The van der Waals surface area contributed by atoms with Gasteiger partial charge in [0.05, 0.1) is 5.54 Å². The summed E-state index contributed by atoms with van der Waals surface area (Å²) in [6, 6.07) is 5.16. The van der Waals surface area contributed by atoms with E-state index in [1.165, 1.54) is 0 Å². The average molecular weight is 468 g/mol. The highest BCUT2D eigenvalue weighted by Crippen LogP contribution is 2.32. The minimum absolute atomic E-state index is 0.165. The van der Waals surface area contributed by atoms with Crippen molar-refractivity contribution in [2.75, 3.05) is 26.2 Å². The van der Waals surface area contributed by atoms with Gasteiger partial charge in [-0.25, -0.2) is 0 Å². The molecule has 0 radical (unpaired) electrons. The summed E-state index contributed by atoms with van der Waals surface area (Å²) in [4.78, 5) is 53.8. The first-order chi connectivity index (χ1) is 16.5. The van der Waals surface area contributed by atoms with E-state index < -0.39 is 17.5 Å². The Labute approximate surface area is 199 Å². The highest BCUT2D eigenvalue weighted by molar-refractivity contribution is 6.05. The number of carbonyl (C=O) groups is 4. The Morgan fingerprint density at radius 3 is 2.59 bits per heavy atom. The highest BCUT2D eigenvalue weighted by atomic mass is 16.2. The molecule has 1 aromatic carbocycles. The van der Waals surface area contributed by atoms with Gasteiger partial charge in [0.25, 0.3) is 5.91 Å². The minimum Gasteiger partial charge on any atom is -0.339 e. The number of nitrogens with zero attached hydrogens (tertiary/aromatic N) is 2. The lowest BCUT2D eigenvalue weighted by atomic mass is 9.80. The Balaban J connectivity index is 1.28. The summed E-state index contributed by atoms with van der Waals surface area (Å²) in [6.07, 6.45) is 5.56. The molecular formula is C25H33N5O4. The molecule has 9 nitrogen and oxygen atoms in total. The molecule has 9 heteroatoms. The van der Waals surface area contributed by atoms with Gasteiger partial charge in [-0.05, 0) is 36.5 Å². The lowest BCUT2D eigenvalue weighted by Gasteiger charge is -2.42. The molecule has 1 aliphatic carbocycles. The SMILES string of the molecule is O=C1CCC(N2Cc3cc(CNC4(C(=O)N5CCNCC5)CCCCC4)ccc3C2=O)C(=O)N1. The molecule has 1 aromatic rings. The van der Waals surface area contributed by atoms with Gasteiger partial charge >= 0.3 is 0 Å². The molecule has 3 heterocycles. The third-order valence-electron chi connectivity index (χ3n) is 7.74. The van der Waals surface area contributed by atoms with Gasteiger partial charge in [-0.2, -0.15) is 0 Å². The molecule has 3 fully saturated rings. The van der Waals surface area contributed by atoms with E-state index in [1.54, 1.807) is 4.90 Å². The molecule has 1 saturated carbocycles. The summed E-state index contributed by atoms with van der Waals surface area (Å²) >= 11 is 0. The van der Waals surface area contributed by atoms with Gasteiger partial charge in [-0.15, -0.1) is 0 Å². The van der Waals surface area contributed by atoms with E-state index in [0.29, 0.717) is 25.1 Å². The van der Waals surface area contributed by atoms with Crippen LogP contribution in [0.2, 0.25) is 0 Å². The predicted octanol–water partition coefficient (Wildman–Crippen LogP) is 0.672. The zero-order chi connectivity index (χ0) is 23.7. The van der Waals surface area contributed by atoms with Gasteiger partial charge < -0.3 is 15.1 Å². The largest absolute Gasteiger partial charge is 0.339 e. The number of hydrogen-bond donors (Lipinski definition) is 3. The van der Waals surface area contributed by atoms with Crippen LogP contribution < -0.4 is 16.0 Å². The Bertz CT molecular complexity index is 997. The zero-order valence-electron chi connectivity index (χ0n) is 19.5. The first-order valence-electron chi connectivity index (χ1n) is 12.5. The number of piperidine rings is 1. The number of hydrogen-bond acceptors (Lipinski definition) is 6. The molecule has 0 spiro atoms. The molecule has 1 unspecified atom stereocenters. The van der Waals surface area contributed by atoms with E-state index in [-0.39, 0.29) is 24.1 Å². The van der Waals surface area contributed by atoms with Crippen molar-refractivity contribution in [2.24, 2.45) is 0 Å². The Kier molecular flexibility index (Phi) is 6.40. The van der Waals surface area contributed by atoms with Gasteiger partial charge in [0.15, 0.2) is 0 Å². The summed E-state index contributed by atoms with van der Waals surface area (Å²) in [5.41, 5.74) is 2.00. The summed E-state index contributed by atoms with van der Waals surface area (Å²) in [5.74, 6) is -0.633. The number of rotatable bonds is 5. The smallest absolute Gasteiger partial charge is 0.255 e. The maximum absolute atomic E-state index is 13.5. The summed E-state index contributed by atoms with van der Waals surface area (Å²) in [7, 11) is 0. The van der Waals surface area contributed by atoms with Gasteiger partial charge in [0.2, 0.25) is 17.7 Å². The number of piperazine rings is 1. The lowest BCUT2D eigenvalue weighted by Crippen LogP contribution is -2.61. The molecule has 4 aliphatic rings. The molecule has 1 atom stereocenters. The van der Waals surface area contributed by atoms with Crippen molar-refractivity contribution in [2.45, 2.75) is 69.6 Å². The quantitative estimate of drug-likeness (QED) is 0.549. The van der Waals surface area contributed by atoms with Gasteiger partial charge in [0.1, 0.15) is 6.04 Å². The normalized spacial score (nSPS) is 24.7. The number of imide groups is 1. The number of fused-ring (bicyclic) bond motifs is 1. The fraction of sp³-hybridized carbons (Fsp3) is 0.600. The first-order valence-corrected chi connectivity index (χ1v) is 12.5. The topological polar surface area (TPSA) is 111 Å². The van der Waals surface area contributed by atoms with Crippen LogP contribution in [0.1, 0.15) is 66.4 Å². The number of benzene rings is 1. The van der Waals surface area contributed by atoms with E-state index in [0.717, 1.165) is 69.4 Å². The van der Waals surface area contributed by atoms with Crippen molar-refractivity contribution in [3.8, 4) is 0 Å². The number of amides is 4. The molecule has 34 heavy (non-hydrogen) atoms. The van der Waals surface area contributed by atoms with Crippen molar-refractivity contribution in [3.63, 3.8) is 0 Å². The van der Waals surface area contributed by atoms with Crippen LogP contribution in [0.4, 0.5) is 0 Å². The van der Waals surface area contributed by atoms with Crippen molar-refractivity contribution in [1.82, 2.24) is 25.8 Å². The maximum Gasteiger partial charge on any atom is 0.255 e. The number of nitrogens with one attached hydrogen (secondary N) is 3. The standard InChI is InChI=1S/C25H33N5O4/c31-21-7-6-20(22(32)28-21)30-16-18-14-17(4-5-19(18)23(30)33)15-27-25(8-2-1-3-9-25)24(34)29-12-10-26-11-13-29/h4-5,14,20,26-27H,1-3,6-13,15-16H2,(H,28,31,32). The monoisotopic (exact) mass is 467 g/mol. The van der Waals surface area contributed by atoms with Crippen LogP contribution in [0.15, 0.2) is 18.2 Å². The van der Waals surface area contributed by atoms with Crippen LogP contribution in [0.5, 0.6) is 0 Å². The molecule has 3 N–H and O–H groups in total. The fourth-order valence-electron chi connectivity index (χ4n) is 5.80. The maximum atomic E-state index is 13.5. The highest BCUT2D eigenvalue weighted by Gasteiger charge is 2.42. The van der Waals surface area contributed by atoms with Crippen molar-refractivity contribution >= 4 is 23.6 Å². The zero-order valence-corrected chi connectivity index (χ0v) is 19.5. The molecule has 3 aliphatic heterocycles. The van der Waals surface area contributed by atoms with E-state index >= 15 is 0 Å². The van der Waals surface area contributed by atoms with Crippen LogP contribution in [0, 0.1) is 0 Å². The molecule has 5 rings (SSSR count). The molecule has 182 valence electrons. The van der Waals surface area contributed by atoms with E-state index in [1.807, 2.05) is 23.1 Å². The number of carbonyl (C=O) groups excluding carboxylic acids is 4. The van der Waals surface area contributed by atoms with Crippen LogP contribution in [-0.2, 0) is 27.5 Å². The van der Waals surface area contributed by atoms with Crippen LogP contribution >= 0.6 is 0 Å². The molecule has 2 saturated heterocycles. The molecule has 0 aromatic heterocycles. The van der Waals surface area contributed by atoms with Crippen LogP contribution in [0.25, 0.3) is 0 Å². The predicted molar refractivity (Wildman–Crippen MR) is 125 cm³/mol. The third kappa shape index (κ3) is 4.34. The van der Waals surface area contributed by atoms with E-state index in [2.05, 4.69) is 16.0 Å². The minimum atomic E-state index is -0.610. The third-order valence-corrected chi connectivity index (χ3v) is 7.74. The average Bonchev–Trinajstić information content (AvgIpc) is 3.19. The van der Waals surface area contributed by atoms with E-state index in [9.17, 15) is 19.2 Å². The first kappa shape index (κ1) is 23.0. The van der Waals surface area contributed by atoms with Crippen molar-refractivity contribution < 1.29 is 19.2 Å². The molecular weight excluding hydrogens is 434 g/mol. The van der Waals surface area contributed by atoms with Gasteiger partial charge in [0, 0.05) is 51.3 Å². The Morgan fingerprint density at radius 1 is 1.09 bits per heavy atom. The van der Waals surface area contributed by atoms with Crippen molar-refractivity contribution in [1.29, 1.82) is 0 Å². The second-order valence-corrected chi connectivity index (χ2v) is 9.93. The second-order valence-electron chi connectivity index (χ2n) is 9.93. The fourth-order valence-corrected chi connectivity index (χ4v) is 5.80. The van der Waals surface area contributed by atoms with Gasteiger partial charge in [-0.1, -0.05) is 31.4 Å². The lowest BCUT2D eigenvalue weighted by molar-refractivity contribution is -0.141. The van der Waals surface area contributed by atoms with Crippen LogP contribution in [0.3, 0.4) is 0 Å². The van der Waals surface area contributed by atoms with Gasteiger partial charge in [-0.3, -0.25) is 29.8 Å². The van der Waals surface area contributed by atoms with Crippen molar-refractivity contribution in [3.05, 3.63) is 34.9 Å². The second kappa shape index (κ2) is 9.46. The summed E-state index contributed by atoms with van der Waals surface area (Å²) in [5, 5.41) is 9.28. The Hall–Kier alpha value is -2.78.